The van der Waals surface area contributed by atoms with Gasteiger partial charge in [0.15, 0.2) is 0 Å². The van der Waals surface area contributed by atoms with E-state index in [2.05, 4.69) is 15.3 Å². The molecule has 19 heavy (non-hydrogen) atoms. The average molecular weight is 265 g/mol. The topological polar surface area (TPSA) is 58.0 Å². The van der Waals surface area contributed by atoms with E-state index < -0.39 is 17.7 Å². The van der Waals surface area contributed by atoms with Gasteiger partial charge in [-0.05, 0) is 19.1 Å². The summed E-state index contributed by atoms with van der Waals surface area (Å²) in [4.78, 5) is 7.85. The summed E-state index contributed by atoms with van der Waals surface area (Å²) < 4.78 is 26.9. The van der Waals surface area contributed by atoms with Crippen LogP contribution in [-0.2, 0) is 0 Å². The first-order valence-corrected chi connectivity index (χ1v) is 5.72. The third kappa shape index (κ3) is 3.23. The van der Waals surface area contributed by atoms with Gasteiger partial charge in [-0.1, -0.05) is 6.07 Å². The van der Waals surface area contributed by atoms with Crippen LogP contribution in [0.2, 0.25) is 0 Å². The van der Waals surface area contributed by atoms with Gasteiger partial charge in [0.1, 0.15) is 29.9 Å². The molecule has 1 aromatic carbocycles. The highest BCUT2D eigenvalue weighted by atomic mass is 19.1. The zero-order valence-corrected chi connectivity index (χ0v) is 10.3. The Hall–Kier alpha value is -2.08. The van der Waals surface area contributed by atoms with Crippen molar-refractivity contribution in [2.24, 2.45) is 0 Å². The van der Waals surface area contributed by atoms with Crippen molar-refractivity contribution < 1.29 is 13.9 Å². The molecular formula is C13H13F2N3O. The molecular weight excluding hydrogens is 252 g/mol. The summed E-state index contributed by atoms with van der Waals surface area (Å²) in [6, 6.07) is 5.14. The molecule has 1 aromatic heterocycles. The number of aliphatic hydroxyl groups is 1. The fraction of sp³-hybridized carbons (Fsp3) is 0.231. The van der Waals surface area contributed by atoms with E-state index in [-0.39, 0.29) is 12.1 Å². The van der Waals surface area contributed by atoms with Crippen molar-refractivity contribution in [1.82, 2.24) is 9.97 Å². The third-order valence-corrected chi connectivity index (χ3v) is 2.61. The van der Waals surface area contributed by atoms with Gasteiger partial charge in [-0.15, -0.1) is 0 Å². The number of hydrogen-bond donors (Lipinski definition) is 2. The fourth-order valence-electron chi connectivity index (χ4n) is 1.68. The molecule has 0 bridgehead atoms. The van der Waals surface area contributed by atoms with Crippen LogP contribution < -0.4 is 5.32 Å². The molecule has 1 heterocycles. The van der Waals surface area contributed by atoms with Crippen LogP contribution in [0.3, 0.4) is 0 Å². The molecule has 0 amide bonds. The van der Waals surface area contributed by atoms with E-state index in [0.29, 0.717) is 5.82 Å². The predicted octanol–water partition coefficient (Wildman–Crippen LogP) is 2.21. The lowest BCUT2D eigenvalue weighted by atomic mass is 10.1. The average Bonchev–Trinajstić information content (AvgIpc) is 2.36. The van der Waals surface area contributed by atoms with E-state index >= 15 is 0 Å². The van der Waals surface area contributed by atoms with Crippen LogP contribution in [0.15, 0.2) is 30.6 Å². The van der Waals surface area contributed by atoms with Gasteiger partial charge in [0.25, 0.3) is 0 Å². The van der Waals surface area contributed by atoms with Gasteiger partial charge in [-0.2, -0.15) is 0 Å². The minimum atomic E-state index is -1.29. The number of rotatable bonds is 4. The number of hydrogen-bond acceptors (Lipinski definition) is 4. The van der Waals surface area contributed by atoms with Crippen LogP contribution in [0.4, 0.5) is 14.6 Å². The van der Waals surface area contributed by atoms with Crippen LogP contribution in [0.1, 0.15) is 17.4 Å². The molecule has 0 aliphatic rings. The Bertz CT molecular complexity index is 557. The van der Waals surface area contributed by atoms with Gasteiger partial charge in [-0.3, -0.25) is 0 Å². The number of nitrogens with zero attached hydrogens (tertiary/aromatic N) is 2. The molecule has 0 fully saturated rings. The number of nitrogens with one attached hydrogen (secondary N) is 1. The summed E-state index contributed by atoms with van der Waals surface area (Å²) in [7, 11) is 0. The summed E-state index contributed by atoms with van der Waals surface area (Å²) in [5, 5.41) is 12.6. The van der Waals surface area contributed by atoms with Gasteiger partial charge < -0.3 is 10.4 Å². The maximum atomic E-state index is 13.4. The zero-order valence-electron chi connectivity index (χ0n) is 10.3. The minimum Gasteiger partial charge on any atom is -0.386 e. The maximum Gasteiger partial charge on any atom is 0.132 e. The minimum absolute atomic E-state index is 0.0473. The van der Waals surface area contributed by atoms with Gasteiger partial charge >= 0.3 is 0 Å². The number of aliphatic hydroxyl groups excluding tert-OH is 1. The number of anilines is 1. The smallest absolute Gasteiger partial charge is 0.132 e. The summed E-state index contributed by atoms with van der Waals surface area (Å²) >= 11 is 0. The van der Waals surface area contributed by atoms with Crippen molar-refractivity contribution in [3.63, 3.8) is 0 Å². The fourth-order valence-corrected chi connectivity index (χ4v) is 1.68. The van der Waals surface area contributed by atoms with Crippen molar-refractivity contribution in [3.8, 4) is 0 Å². The Kier molecular flexibility index (Phi) is 4.01. The van der Waals surface area contributed by atoms with E-state index in [0.717, 1.165) is 17.8 Å². The molecule has 2 N–H and O–H groups in total. The van der Waals surface area contributed by atoms with Crippen LogP contribution in [-0.4, -0.2) is 21.6 Å². The lowest BCUT2D eigenvalue weighted by molar-refractivity contribution is 0.181. The van der Waals surface area contributed by atoms with Crippen molar-refractivity contribution in [1.29, 1.82) is 0 Å². The van der Waals surface area contributed by atoms with Gasteiger partial charge in [0.2, 0.25) is 0 Å². The third-order valence-electron chi connectivity index (χ3n) is 2.61. The number of aromatic nitrogens is 2. The molecule has 2 rings (SSSR count). The van der Waals surface area contributed by atoms with E-state index in [1.165, 1.54) is 12.4 Å². The Morgan fingerprint density at radius 1 is 1.26 bits per heavy atom. The molecule has 0 saturated heterocycles. The van der Waals surface area contributed by atoms with Crippen molar-refractivity contribution in [3.05, 3.63) is 53.5 Å². The SMILES string of the molecule is Cc1cc(NCC(O)c2c(F)cccc2F)ncn1. The molecule has 100 valence electrons. The van der Waals surface area contributed by atoms with Gasteiger partial charge in [0.05, 0.1) is 5.56 Å². The highest BCUT2D eigenvalue weighted by Gasteiger charge is 2.17. The second kappa shape index (κ2) is 5.71. The number of benzene rings is 1. The van der Waals surface area contributed by atoms with Crippen LogP contribution >= 0.6 is 0 Å². The normalized spacial score (nSPS) is 12.2. The first kappa shape index (κ1) is 13.4. The van der Waals surface area contributed by atoms with Crippen LogP contribution in [0, 0.1) is 18.6 Å². The lowest BCUT2D eigenvalue weighted by Gasteiger charge is -2.14. The second-order valence-corrected chi connectivity index (χ2v) is 4.08. The highest BCUT2D eigenvalue weighted by Crippen LogP contribution is 2.20. The van der Waals surface area contributed by atoms with Crippen LogP contribution in [0.5, 0.6) is 0 Å². The molecule has 0 aliphatic heterocycles. The Morgan fingerprint density at radius 3 is 2.58 bits per heavy atom. The largest absolute Gasteiger partial charge is 0.386 e. The molecule has 0 saturated carbocycles. The summed E-state index contributed by atoms with van der Waals surface area (Å²) in [6.07, 6.45) is 0.0738. The number of aryl methyl sites for hydroxylation is 1. The second-order valence-electron chi connectivity index (χ2n) is 4.08. The summed E-state index contributed by atoms with van der Waals surface area (Å²) in [5.41, 5.74) is 0.407. The van der Waals surface area contributed by atoms with Crippen LogP contribution in [0.25, 0.3) is 0 Å². The van der Waals surface area contributed by atoms with Gasteiger partial charge in [-0.25, -0.2) is 18.7 Å². The van der Waals surface area contributed by atoms with E-state index in [4.69, 9.17) is 0 Å². The standard InChI is InChI=1S/C13H13F2N3O/c1-8-5-12(18-7-17-8)16-6-11(19)13-9(14)3-2-4-10(13)15/h2-5,7,11,19H,6H2,1H3,(H,16,17,18). The van der Waals surface area contributed by atoms with E-state index in [9.17, 15) is 13.9 Å². The lowest BCUT2D eigenvalue weighted by Crippen LogP contribution is -2.15. The Morgan fingerprint density at radius 2 is 1.95 bits per heavy atom. The first-order chi connectivity index (χ1) is 9.08. The van der Waals surface area contributed by atoms with Crippen molar-refractivity contribution in [2.45, 2.75) is 13.0 Å². The van der Waals surface area contributed by atoms with E-state index in [1.807, 2.05) is 0 Å². The number of halogens is 2. The first-order valence-electron chi connectivity index (χ1n) is 5.72. The Balaban J connectivity index is 2.07. The quantitative estimate of drug-likeness (QED) is 0.889. The highest BCUT2D eigenvalue weighted by molar-refractivity contribution is 5.35. The molecule has 1 atom stereocenters. The molecule has 4 nitrogen and oxygen atoms in total. The summed E-state index contributed by atoms with van der Waals surface area (Å²) in [5.74, 6) is -1.05. The predicted molar refractivity (Wildman–Crippen MR) is 66.6 cm³/mol. The monoisotopic (exact) mass is 265 g/mol. The van der Waals surface area contributed by atoms with Gasteiger partial charge in [0, 0.05) is 18.3 Å². The van der Waals surface area contributed by atoms with Crippen molar-refractivity contribution in [2.75, 3.05) is 11.9 Å². The van der Waals surface area contributed by atoms with E-state index in [1.54, 1.807) is 13.0 Å². The molecule has 2 aromatic rings. The Labute approximate surface area is 109 Å². The summed E-state index contributed by atoms with van der Waals surface area (Å²) in [6.45, 7) is 1.74. The molecule has 0 aliphatic carbocycles. The van der Waals surface area contributed by atoms with Crippen molar-refractivity contribution >= 4 is 5.82 Å². The molecule has 1 unspecified atom stereocenters. The maximum absolute atomic E-state index is 13.4. The molecule has 0 radical (unpaired) electrons. The molecule has 6 heteroatoms. The molecule has 0 spiro atoms. The zero-order chi connectivity index (χ0) is 13.8.